The number of imidazole rings is 1. The zero-order chi connectivity index (χ0) is 15.0. The average molecular weight is 282 g/mol. The summed E-state index contributed by atoms with van der Waals surface area (Å²) in [6, 6.07) is 13.0. The van der Waals surface area contributed by atoms with Gasteiger partial charge in [0.05, 0.1) is 11.4 Å². The summed E-state index contributed by atoms with van der Waals surface area (Å²) in [5.41, 5.74) is 3.23. The Bertz CT molecular complexity index is 806. The minimum absolute atomic E-state index is 0.266. The van der Waals surface area contributed by atoms with E-state index in [1.165, 1.54) is 0 Å². The number of carboxylic acids is 1. The number of aliphatic carboxylic acids is 1. The summed E-state index contributed by atoms with van der Waals surface area (Å²) in [6.07, 6.45) is 0.0697. The standard InChI is InChI=1S/C16H14N2O3/c1-10-5-7-11(8-6-10)13-14(15(19)16(20)21)18-9-3-2-4-12(18)17-13/h2-9,15,19H,1H3,(H,20,21). The van der Waals surface area contributed by atoms with E-state index in [0.717, 1.165) is 11.1 Å². The number of aromatic nitrogens is 2. The number of aliphatic hydroxyl groups is 1. The number of aliphatic hydroxyl groups excluding tert-OH is 1. The highest BCUT2D eigenvalue weighted by atomic mass is 16.4. The molecule has 0 aliphatic rings. The molecule has 2 aromatic heterocycles. The molecule has 5 nitrogen and oxygen atoms in total. The first-order valence-corrected chi connectivity index (χ1v) is 6.53. The molecule has 1 atom stereocenters. The van der Waals surface area contributed by atoms with Gasteiger partial charge in [-0.3, -0.25) is 0 Å². The molecule has 5 heteroatoms. The van der Waals surface area contributed by atoms with E-state index in [0.29, 0.717) is 11.3 Å². The minimum atomic E-state index is -1.63. The Labute approximate surface area is 121 Å². The van der Waals surface area contributed by atoms with Crippen LogP contribution in [-0.4, -0.2) is 25.6 Å². The van der Waals surface area contributed by atoms with Gasteiger partial charge >= 0.3 is 5.97 Å². The van der Waals surface area contributed by atoms with Gasteiger partial charge in [-0.2, -0.15) is 0 Å². The Morgan fingerprint density at radius 3 is 2.57 bits per heavy atom. The van der Waals surface area contributed by atoms with Crippen LogP contribution in [0, 0.1) is 6.92 Å². The van der Waals surface area contributed by atoms with Crippen LogP contribution in [-0.2, 0) is 4.79 Å². The van der Waals surface area contributed by atoms with Crippen LogP contribution >= 0.6 is 0 Å². The Hall–Kier alpha value is -2.66. The van der Waals surface area contributed by atoms with Crippen LogP contribution in [0.25, 0.3) is 16.9 Å². The largest absolute Gasteiger partial charge is 0.479 e. The number of pyridine rings is 1. The van der Waals surface area contributed by atoms with Crippen LogP contribution in [0.1, 0.15) is 17.4 Å². The summed E-state index contributed by atoms with van der Waals surface area (Å²) in [4.78, 5) is 15.6. The maximum absolute atomic E-state index is 11.2. The molecule has 3 aromatic rings. The van der Waals surface area contributed by atoms with Crippen molar-refractivity contribution in [3.63, 3.8) is 0 Å². The van der Waals surface area contributed by atoms with Crippen molar-refractivity contribution < 1.29 is 15.0 Å². The number of carboxylic acid groups (broad SMARTS) is 1. The number of fused-ring (bicyclic) bond motifs is 1. The molecule has 106 valence electrons. The topological polar surface area (TPSA) is 74.8 Å². The minimum Gasteiger partial charge on any atom is -0.479 e. The predicted molar refractivity (Wildman–Crippen MR) is 78.0 cm³/mol. The van der Waals surface area contributed by atoms with Crippen molar-refractivity contribution in [2.24, 2.45) is 0 Å². The predicted octanol–water partition coefficient (Wildman–Crippen LogP) is 2.43. The molecule has 1 unspecified atom stereocenters. The molecule has 0 amide bonds. The summed E-state index contributed by atoms with van der Waals surface area (Å²) in [5.74, 6) is -1.30. The SMILES string of the molecule is Cc1ccc(-c2nc3ccccn3c2C(O)C(=O)O)cc1. The zero-order valence-electron chi connectivity index (χ0n) is 11.4. The number of rotatable bonds is 3. The molecule has 0 saturated carbocycles. The van der Waals surface area contributed by atoms with Crippen molar-refractivity contribution in [3.05, 3.63) is 59.9 Å². The summed E-state index contributed by atoms with van der Waals surface area (Å²) >= 11 is 0. The van der Waals surface area contributed by atoms with Gasteiger partial charge in [-0.1, -0.05) is 35.9 Å². The van der Waals surface area contributed by atoms with E-state index in [2.05, 4.69) is 4.98 Å². The van der Waals surface area contributed by atoms with E-state index in [1.807, 2.05) is 37.3 Å². The monoisotopic (exact) mass is 282 g/mol. The maximum Gasteiger partial charge on any atom is 0.338 e. The van der Waals surface area contributed by atoms with E-state index in [4.69, 9.17) is 5.11 Å². The van der Waals surface area contributed by atoms with Crippen LogP contribution in [0.2, 0.25) is 0 Å². The first-order valence-electron chi connectivity index (χ1n) is 6.53. The Balaban J connectivity index is 2.28. The second kappa shape index (κ2) is 5.03. The molecule has 0 radical (unpaired) electrons. The molecular weight excluding hydrogens is 268 g/mol. The molecule has 2 heterocycles. The fourth-order valence-electron chi connectivity index (χ4n) is 2.32. The van der Waals surface area contributed by atoms with Crippen molar-refractivity contribution >= 4 is 11.6 Å². The third-order valence-corrected chi connectivity index (χ3v) is 3.38. The van der Waals surface area contributed by atoms with Gasteiger partial charge in [0.2, 0.25) is 0 Å². The molecule has 1 aromatic carbocycles. The second-order valence-electron chi connectivity index (χ2n) is 4.88. The van der Waals surface area contributed by atoms with Crippen molar-refractivity contribution in [1.82, 2.24) is 9.38 Å². The quantitative estimate of drug-likeness (QED) is 0.773. The normalized spacial score (nSPS) is 12.5. The fourth-order valence-corrected chi connectivity index (χ4v) is 2.32. The number of nitrogens with zero attached hydrogens (tertiary/aromatic N) is 2. The Morgan fingerprint density at radius 2 is 1.90 bits per heavy atom. The number of carbonyl (C=O) groups is 1. The summed E-state index contributed by atoms with van der Waals surface area (Å²) in [5, 5.41) is 19.2. The molecule has 2 N–H and O–H groups in total. The molecular formula is C16H14N2O3. The van der Waals surface area contributed by atoms with E-state index in [-0.39, 0.29) is 5.69 Å². The molecule has 0 spiro atoms. The summed E-state index contributed by atoms with van der Waals surface area (Å²) in [7, 11) is 0. The van der Waals surface area contributed by atoms with Crippen LogP contribution in [0.15, 0.2) is 48.7 Å². The highest BCUT2D eigenvalue weighted by Gasteiger charge is 2.25. The molecule has 21 heavy (non-hydrogen) atoms. The Kier molecular flexibility index (Phi) is 3.19. The molecule has 3 rings (SSSR count). The first kappa shape index (κ1) is 13.3. The van der Waals surface area contributed by atoms with Crippen LogP contribution in [0.5, 0.6) is 0 Å². The second-order valence-corrected chi connectivity index (χ2v) is 4.88. The van der Waals surface area contributed by atoms with E-state index in [1.54, 1.807) is 22.7 Å². The Morgan fingerprint density at radius 1 is 1.19 bits per heavy atom. The molecule has 0 saturated heterocycles. The van der Waals surface area contributed by atoms with Crippen LogP contribution in [0.3, 0.4) is 0 Å². The number of aryl methyl sites for hydroxylation is 1. The third kappa shape index (κ3) is 2.28. The van der Waals surface area contributed by atoms with Crippen molar-refractivity contribution in [3.8, 4) is 11.3 Å². The van der Waals surface area contributed by atoms with Gasteiger partial charge in [-0.25, -0.2) is 9.78 Å². The van der Waals surface area contributed by atoms with Crippen LogP contribution in [0.4, 0.5) is 0 Å². The highest BCUT2D eigenvalue weighted by molar-refractivity contribution is 5.79. The smallest absolute Gasteiger partial charge is 0.338 e. The third-order valence-electron chi connectivity index (χ3n) is 3.38. The number of benzene rings is 1. The van der Waals surface area contributed by atoms with E-state index in [9.17, 15) is 9.90 Å². The lowest BCUT2D eigenvalue weighted by Crippen LogP contribution is -2.13. The molecule has 0 bridgehead atoms. The molecule has 0 aliphatic carbocycles. The summed E-state index contributed by atoms with van der Waals surface area (Å²) < 4.78 is 1.61. The van der Waals surface area contributed by atoms with Gasteiger partial charge < -0.3 is 14.6 Å². The lowest BCUT2D eigenvalue weighted by Gasteiger charge is -2.08. The lowest BCUT2D eigenvalue weighted by molar-refractivity contribution is -0.147. The lowest BCUT2D eigenvalue weighted by atomic mass is 10.1. The van der Waals surface area contributed by atoms with Gasteiger partial charge in [-0.05, 0) is 19.1 Å². The zero-order valence-corrected chi connectivity index (χ0v) is 11.4. The van der Waals surface area contributed by atoms with Gasteiger partial charge in [0.1, 0.15) is 5.65 Å². The summed E-state index contributed by atoms with van der Waals surface area (Å²) in [6.45, 7) is 1.97. The number of hydrogen-bond donors (Lipinski definition) is 2. The average Bonchev–Trinajstić information content (AvgIpc) is 2.86. The van der Waals surface area contributed by atoms with Gasteiger partial charge in [0.15, 0.2) is 6.10 Å². The first-order chi connectivity index (χ1) is 10.1. The van der Waals surface area contributed by atoms with Crippen molar-refractivity contribution in [2.45, 2.75) is 13.0 Å². The highest BCUT2D eigenvalue weighted by Crippen LogP contribution is 2.29. The van der Waals surface area contributed by atoms with Crippen LogP contribution < -0.4 is 0 Å². The maximum atomic E-state index is 11.2. The fraction of sp³-hybridized carbons (Fsp3) is 0.125. The van der Waals surface area contributed by atoms with E-state index >= 15 is 0 Å². The number of hydrogen-bond acceptors (Lipinski definition) is 3. The van der Waals surface area contributed by atoms with Gasteiger partial charge in [0.25, 0.3) is 0 Å². The molecule has 0 fully saturated rings. The molecule has 0 aliphatic heterocycles. The van der Waals surface area contributed by atoms with Crippen molar-refractivity contribution in [1.29, 1.82) is 0 Å². The van der Waals surface area contributed by atoms with Gasteiger partial charge in [-0.15, -0.1) is 0 Å². The van der Waals surface area contributed by atoms with E-state index < -0.39 is 12.1 Å². The van der Waals surface area contributed by atoms with Gasteiger partial charge in [0, 0.05) is 11.8 Å². The van der Waals surface area contributed by atoms with Crippen molar-refractivity contribution in [2.75, 3.05) is 0 Å².